The summed E-state index contributed by atoms with van der Waals surface area (Å²) in [7, 11) is 1.85. The molecular weight excluding hydrogens is 330 g/mol. The first-order valence-electron chi connectivity index (χ1n) is 9.13. The van der Waals surface area contributed by atoms with E-state index in [-0.39, 0.29) is 18.0 Å². The molecule has 0 aromatic carbocycles. The van der Waals surface area contributed by atoms with E-state index in [2.05, 4.69) is 27.5 Å². The molecule has 0 aliphatic rings. The molecule has 146 valence electrons. The van der Waals surface area contributed by atoms with E-state index in [0.717, 1.165) is 18.5 Å². The average molecular weight is 364 g/mol. The molecule has 0 radical (unpaired) electrons. The van der Waals surface area contributed by atoms with Crippen LogP contribution in [-0.2, 0) is 11.3 Å². The highest BCUT2D eigenvalue weighted by molar-refractivity contribution is 5.86. The minimum atomic E-state index is -0.249. The van der Waals surface area contributed by atoms with Crippen LogP contribution in [0, 0.1) is 0 Å². The molecule has 0 saturated heterocycles. The van der Waals surface area contributed by atoms with E-state index in [1.807, 2.05) is 51.8 Å². The van der Waals surface area contributed by atoms with Gasteiger partial charge in [0.05, 0.1) is 19.7 Å². The first kappa shape index (κ1) is 21.7. The quantitative estimate of drug-likeness (QED) is 0.547. The number of hydrogen-bond acceptors (Lipinski definition) is 4. The van der Waals surface area contributed by atoms with Crippen LogP contribution in [0.5, 0.6) is 5.88 Å². The van der Waals surface area contributed by atoms with Crippen LogP contribution in [-0.4, -0.2) is 54.0 Å². The molecule has 7 heteroatoms. The Labute approximate surface area is 157 Å². The van der Waals surface area contributed by atoms with Gasteiger partial charge in [0, 0.05) is 31.4 Å². The summed E-state index contributed by atoms with van der Waals surface area (Å²) in [4.78, 5) is 22.8. The highest BCUT2D eigenvalue weighted by Gasteiger charge is 2.16. The maximum Gasteiger partial charge on any atom is 0.240 e. The number of ether oxygens (including phenoxy) is 1. The number of amides is 1. The third-order valence-corrected chi connectivity index (χ3v) is 3.25. The molecule has 0 unspecified atom stereocenters. The fraction of sp³-hybridized carbons (Fsp3) is 0.632. The largest absolute Gasteiger partial charge is 0.478 e. The topological polar surface area (TPSA) is 78.8 Å². The van der Waals surface area contributed by atoms with Crippen molar-refractivity contribution in [3.63, 3.8) is 0 Å². The first-order chi connectivity index (χ1) is 12.2. The van der Waals surface area contributed by atoms with Gasteiger partial charge in [0.15, 0.2) is 5.96 Å². The Balaban J connectivity index is 2.68. The van der Waals surface area contributed by atoms with Gasteiger partial charge in [0.1, 0.15) is 0 Å². The Morgan fingerprint density at radius 3 is 2.58 bits per heavy atom. The Morgan fingerprint density at radius 1 is 1.31 bits per heavy atom. The van der Waals surface area contributed by atoms with E-state index in [0.29, 0.717) is 25.0 Å². The van der Waals surface area contributed by atoms with Crippen LogP contribution < -0.4 is 15.4 Å². The lowest BCUT2D eigenvalue weighted by Gasteiger charge is -2.25. The van der Waals surface area contributed by atoms with Gasteiger partial charge in [-0.3, -0.25) is 4.79 Å². The average Bonchev–Trinajstić information content (AvgIpc) is 2.55. The van der Waals surface area contributed by atoms with Crippen LogP contribution in [0.25, 0.3) is 0 Å². The molecule has 0 fully saturated rings. The lowest BCUT2D eigenvalue weighted by molar-refractivity contribution is -0.122. The lowest BCUT2D eigenvalue weighted by Crippen LogP contribution is -2.48. The van der Waals surface area contributed by atoms with Gasteiger partial charge in [-0.15, -0.1) is 0 Å². The van der Waals surface area contributed by atoms with E-state index < -0.39 is 0 Å². The second-order valence-corrected chi connectivity index (χ2v) is 7.18. The molecule has 0 aliphatic carbocycles. The standard InChI is InChI=1S/C19H33N5O2/c1-7-11-26-17-10-9-15(12-21-17)13-22-18(20-8-2)24(6)14-16(25)23-19(3,4)5/h9-10,12H,7-8,11,13-14H2,1-6H3,(H,20,22)(H,23,25). The Morgan fingerprint density at radius 2 is 2.04 bits per heavy atom. The summed E-state index contributed by atoms with van der Waals surface area (Å²) < 4.78 is 5.48. The van der Waals surface area contributed by atoms with Crippen molar-refractivity contribution < 1.29 is 9.53 Å². The number of pyridine rings is 1. The maximum absolute atomic E-state index is 12.1. The molecule has 1 heterocycles. The molecule has 1 aromatic rings. The van der Waals surface area contributed by atoms with E-state index in [9.17, 15) is 4.79 Å². The van der Waals surface area contributed by atoms with Gasteiger partial charge < -0.3 is 20.3 Å². The number of nitrogens with zero attached hydrogens (tertiary/aromatic N) is 3. The van der Waals surface area contributed by atoms with Gasteiger partial charge in [-0.25, -0.2) is 9.98 Å². The normalized spacial score (nSPS) is 11.8. The summed E-state index contributed by atoms with van der Waals surface area (Å²) in [6.07, 6.45) is 2.72. The Bertz CT molecular complexity index is 579. The van der Waals surface area contributed by atoms with E-state index in [4.69, 9.17) is 4.74 Å². The fourth-order valence-electron chi connectivity index (χ4n) is 2.18. The van der Waals surface area contributed by atoms with Gasteiger partial charge in [0.2, 0.25) is 11.8 Å². The van der Waals surface area contributed by atoms with Crippen molar-refractivity contribution in [1.29, 1.82) is 0 Å². The molecule has 26 heavy (non-hydrogen) atoms. The van der Waals surface area contributed by atoms with Gasteiger partial charge in [0.25, 0.3) is 0 Å². The predicted octanol–water partition coefficient (Wildman–Crippen LogP) is 2.18. The van der Waals surface area contributed by atoms with E-state index >= 15 is 0 Å². The number of guanidine groups is 1. The third kappa shape index (κ3) is 8.69. The minimum absolute atomic E-state index is 0.0373. The summed E-state index contributed by atoms with van der Waals surface area (Å²) in [5.74, 6) is 1.27. The van der Waals surface area contributed by atoms with Crippen LogP contribution in [0.2, 0.25) is 0 Å². The Hall–Kier alpha value is -2.31. The molecular formula is C19H33N5O2. The highest BCUT2D eigenvalue weighted by Crippen LogP contribution is 2.09. The molecule has 7 nitrogen and oxygen atoms in total. The van der Waals surface area contributed by atoms with Gasteiger partial charge in [-0.1, -0.05) is 13.0 Å². The highest BCUT2D eigenvalue weighted by atomic mass is 16.5. The maximum atomic E-state index is 12.1. The zero-order valence-electron chi connectivity index (χ0n) is 16.9. The number of hydrogen-bond donors (Lipinski definition) is 2. The van der Waals surface area contributed by atoms with Crippen molar-refractivity contribution in [2.24, 2.45) is 4.99 Å². The van der Waals surface area contributed by atoms with Crippen molar-refractivity contribution in [3.05, 3.63) is 23.9 Å². The SMILES string of the molecule is CCCOc1ccc(CN=C(NCC)N(C)CC(=O)NC(C)(C)C)cn1. The fourth-order valence-corrected chi connectivity index (χ4v) is 2.18. The molecule has 0 atom stereocenters. The number of carbonyl (C=O) groups is 1. The zero-order chi connectivity index (χ0) is 19.6. The Kier molecular flexibility index (Phi) is 8.88. The molecule has 0 saturated carbocycles. The molecule has 2 N–H and O–H groups in total. The minimum Gasteiger partial charge on any atom is -0.478 e. The van der Waals surface area contributed by atoms with Crippen LogP contribution in [0.4, 0.5) is 0 Å². The van der Waals surface area contributed by atoms with E-state index in [1.54, 1.807) is 6.20 Å². The summed E-state index contributed by atoms with van der Waals surface area (Å²) in [6.45, 7) is 12.1. The number of aromatic nitrogens is 1. The number of aliphatic imine (C=N–C) groups is 1. The van der Waals surface area contributed by atoms with Crippen molar-refractivity contribution in [2.45, 2.75) is 53.1 Å². The van der Waals surface area contributed by atoms with Gasteiger partial charge >= 0.3 is 0 Å². The summed E-state index contributed by atoms with van der Waals surface area (Å²) in [5, 5.41) is 6.17. The van der Waals surface area contributed by atoms with Crippen molar-refractivity contribution in [1.82, 2.24) is 20.5 Å². The number of likely N-dealkylation sites (N-methyl/N-ethyl adjacent to an activating group) is 1. The van der Waals surface area contributed by atoms with E-state index in [1.165, 1.54) is 0 Å². The molecule has 0 spiro atoms. The monoisotopic (exact) mass is 363 g/mol. The summed E-state index contributed by atoms with van der Waals surface area (Å²) >= 11 is 0. The molecule has 1 rings (SSSR count). The summed E-state index contributed by atoms with van der Waals surface area (Å²) in [5.41, 5.74) is 0.734. The van der Waals surface area contributed by atoms with Gasteiger partial charge in [-0.2, -0.15) is 0 Å². The van der Waals surface area contributed by atoms with Crippen LogP contribution in [0.15, 0.2) is 23.3 Å². The second kappa shape index (κ2) is 10.6. The number of rotatable bonds is 8. The smallest absolute Gasteiger partial charge is 0.240 e. The van der Waals surface area contributed by atoms with Crippen LogP contribution in [0.3, 0.4) is 0 Å². The molecule has 0 bridgehead atoms. The summed E-state index contributed by atoms with van der Waals surface area (Å²) in [6, 6.07) is 3.81. The molecule has 1 aromatic heterocycles. The second-order valence-electron chi connectivity index (χ2n) is 7.18. The van der Waals surface area contributed by atoms with Crippen molar-refractivity contribution >= 4 is 11.9 Å². The van der Waals surface area contributed by atoms with Crippen molar-refractivity contribution in [2.75, 3.05) is 26.7 Å². The van der Waals surface area contributed by atoms with Crippen molar-refractivity contribution in [3.8, 4) is 5.88 Å². The zero-order valence-corrected chi connectivity index (χ0v) is 16.9. The van der Waals surface area contributed by atoms with Crippen LogP contribution >= 0.6 is 0 Å². The number of nitrogens with one attached hydrogen (secondary N) is 2. The number of carbonyl (C=O) groups excluding carboxylic acids is 1. The molecule has 1 amide bonds. The molecule has 0 aliphatic heterocycles. The van der Waals surface area contributed by atoms with Gasteiger partial charge in [-0.05, 0) is 39.7 Å². The lowest BCUT2D eigenvalue weighted by atomic mass is 10.1. The predicted molar refractivity (Wildman–Crippen MR) is 105 cm³/mol. The van der Waals surface area contributed by atoms with Crippen LogP contribution in [0.1, 0.15) is 46.6 Å². The first-order valence-corrected chi connectivity index (χ1v) is 9.13. The third-order valence-electron chi connectivity index (χ3n) is 3.25.